The van der Waals surface area contributed by atoms with E-state index in [-0.39, 0.29) is 18.2 Å². The minimum atomic E-state index is -4.71. The highest BCUT2D eigenvalue weighted by atomic mass is 19.4. The fourth-order valence-corrected chi connectivity index (χ4v) is 1.81. The summed E-state index contributed by atoms with van der Waals surface area (Å²) in [6.07, 6.45) is -3.25. The summed E-state index contributed by atoms with van der Waals surface area (Å²) in [6.45, 7) is 1.96. The first-order valence-corrected chi connectivity index (χ1v) is 6.38. The van der Waals surface area contributed by atoms with Crippen LogP contribution in [0.15, 0.2) is 30.5 Å². The topological polar surface area (TPSA) is 56.1 Å². The van der Waals surface area contributed by atoms with E-state index in [2.05, 4.69) is 15.2 Å². The lowest BCUT2D eigenvalue weighted by molar-refractivity contribution is -0.274. The molecule has 0 spiro atoms. The zero-order chi connectivity index (χ0) is 16.3. The smallest absolute Gasteiger partial charge is 0.406 e. The Morgan fingerprint density at radius 3 is 2.45 bits per heavy atom. The van der Waals surface area contributed by atoms with Gasteiger partial charge in [0, 0.05) is 19.3 Å². The number of aryl methyl sites for hydroxylation is 1. The lowest BCUT2D eigenvalue weighted by atomic mass is 10.2. The minimum absolute atomic E-state index is 0.194. The highest BCUT2D eigenvalue weighted by Gasteiger charge is 2.30. The second-order valence-electron chi connectivity index (χ2n) is 4.64. The molecule has 0 radical (unpaired) electrons. The molecule has 1 aromatic carbocycles. The van der Waals surface area contributed by atoms with Crippen molar-refractivity contribution < 1.29 is 22.7 Å². The standard InChI is InChI=1S/C14H14F3N3O2/c1-9-12(8-19-20(9)2)13(21)18-7-10-3-5-11(6-4-10)22-14(15,16)17/h3-6,8H,7H2,1-2H3,(H,18,21). The molecule has 0 bridgehead atoms. The van der Waals surface area contributed by atoms with Gasteiger partial charge in [-0.2, -0.15) is 5.10 Å². The van der Waals surface area contributed by atoms with Crippen LogP contribution in [-0.4, -0.2) is 22.1 Å². The number of nitrogens with one attached hydrogen (secondary N) is 1. The minimum Gasteiger partial charge on any atom is -0.406 e. The molecule has 0 saturated carbocycles. The van der Waals surface area contributed by atoms with E-state index in [4.69, 9.17) is 0 Å². The van der Waals surface area contributed by atoms with Crippen LogP contribution < -0.4 is 10.1 Å². The number of amides is 1. The maximum Gasteiger partial charge on any atom is 0.573 e. The van der Waals surface area contributed by atoms with E-state index >= 15 is 0 Å². The lowest BCUT2D eigenvalue weighted by Crippen LogP contribution is -2.23. The van der Waals surface area contributed by atoms with Crippen LogP contribution >= 0.6 is 0 Å². The lowest BCUT2D eigenvalue weighted by Gasteiger charge is -2.09. The Labute approximate surface area is 124 Å². The predicted molar refractivity (Wildman–Crippen MR) is 72.2 cm³/mol. The fraction of sp³-hybridized carbons (Fsp3) is 0.286. The van der Waals surface area contributed by atoms with Crippen molar-refractivity contribution in [1.82, 2.24) is 15.1 Å². The summed E-state index contributed by atoms with van der Waals surface area (Å²) in [4.78, 5) is 12.0. The average Bonchev–Trinajstić information content (AvgIpc) is 2.76. The van der Waals surface area contributed by atoms with Gasteiger partial charge in [-0.25, -0.2) is 0 Å². The third-order valence-corrected chi connectivity index (χ3v) is 3.09. The number of hydrogen-bond donors (Lipinski definition) is 1. The molecule has 2 rings (SSSR count). The highest BCUT2D eigenvalue weighted by Crippen LogP contribution is 2.22. The number of carbonyl (C=O) groups excluding carboxylic acids is 1. The molecular weight excluding hydrogens is 299 g/mol. The van der Waals surface area contributed by atoms with Crippen molar-refractivity contribution >= 4 is 5.91 Å². The molecule has 22 heavy (non-hydrogen) atoms. The van der Waals surface area contributed by atoms with E-state index < -0.39 is 6.36 Å². The van der Waals surface area contributed by atoms with Crippen LogP contribution in [0.4, 0.5) is 13.2 Å². The third-order valence-electron chi connectivity index (χ3n) is 3.09. The zero-order valence-corrected chi connectivity index (χ0v) is 11.9. The van der Waals surface area contributed by atoms with Crippen molar-refractivity contribution in [2.75, 3.05) is 0 Å². The summed E-state index contributed by atoms with van der Waals surface area (Å²) in [5, 5.41) is 6.65. The van der Waals surface area contributed by atoms with Crippen LogP contribution in [0.1, 0.15) is 21.6 Å². The van der Waals surface area contributed by atoms with E-state index in [1.807, 2.05) is 0 Å². The number of aromatic nitrogens is 2. The molecular formula is C14H14F3N3O2. The largest absolute Gasteiger partial charge is 0.573 e. The summed E-state index contributed by atoms with van der Waals surface area (Å²) >= 11 is 0. The van der Waals surface area contributed by atoms with Crippen LogP contribution in [0.3, 0.4) is 0 Å². The molecule has 1 heterocycles. The van der Waals surface area contributed by atoms with Gasteiger partial charge in [-0.1, -0.05) is 12.1 Å². The quantitative estimate of drug-likeness (QED) is 0.944. The molecule has 0 aliphatic rings. The molecule has 1 aromatic heterocycles. The van der Waals surface area contributed by atoms with Gasteiger partial charge in [-0.3, -0.25) is 9.48 Å². The molecule has 8 heteroatoms. The number of benzene rings is 1. The van der Waals surface area contributed by atoms with E-state index in [9.17, 15) is 18.0 Å². The van der Waals surface area contributed by atoms with Gasteiger partial charge in [0.1, 0.15) is 5.75 Å². The second-order valence-corrected chi connectivity index (χ2v) is 4.64. The fourth-order valence-electron chi connectivity index (χ4n) is 1.81. The number of ether oxygens (including phenoxy) is 1. The number of nitrogens with zero attached hydrogens (tertiary/aromatic N) is 2. The molecule has 0 fully saturated rings. The van der Waals surface area contributed by atoms with E-state index in [1.54, 1.807) is 18.7 Å². The van der Waals surface area contributed by atoms with Gasteiger partial charge in [0.15, 0.2) is 0 Å². The number of alkyl halides is 3. The van der Waals surface area contributed by atoms with Gasteiger partial charge < -0.3 is 10.1 Å². The molecule has 1 amide bonds. The maximum absolute atomic E-state index is 12.0. The van der Waals surface area contributed by atoms with Crippen molar-refractivity contribution in [2.24, 2.45) is 7.05 Å². The molecule has 1 N–H and O–H groups in total. The molecule has 2 aromatic rings. The predicted octanol–water partition coefficient (Wildman–Crippen LogP) is 2.56. The van der Waals surface area contributed by atoms with Gasteiger partial charge in [0.05, 0.1) is 11.8 Å². The Hall–Kier alpha value is -2.51. The summed E-state index contributed by atoms with van der Waals surface area (Å²) in [5.74, 6) is -0.591. The van der Waals surface area contributed by atoms with Crippen molar-refractivity contribution in [1.29, 1.82) is 0 Å². The highest BCUT2D eigenvalue weighted by molar-refractivity contribution is 5.94. The normalized spacial score (nSPS) is 11.3. The van der Waals surface area contributed by atoms with Gasteiger partial charge in [0.25, 0.3) is 5.91 Å². The zero-order valence-electron chi connectivity index (χ0n) is 11.9. The van der Waals surface area contributed by atoms with Crippen molar-refractivity contribution in [3.63, 3.8) is 0 Å². The third kappa shape index (κ3) is 4.00. The van der Waals surface area contributed by atoms with E-state index in [0.717, 1.165) is 5.69 Å². The second kappa shape index (κ2) is 6.08. The maximum atomic E-state index is 12.0. The Morgan fingerprint density at radius 2 is 1.95 bits per heavy atom. The van der Waals surface area contributed by atoms with Gasteiger partial charge >= 0.3 is 6.36 Å². The number of carbonyl (C=O) groups is 1. The molecule has 0 aliphatic carbocycles. The van der Waals surface area contributed by atoms with E-state index in [0.29, 0.717) is 11.1 Å². The molecule has 5 nitrogen and oxygen atoms in total. The van der Waals surface area contributed by atoms with Gasteiger partial charge in [-0.05, 0) is 24.6 Å². The summed E-state index contributed by atoms with van der Waals surface area (Å²) in [5.41, 5.74) is 1.84. The SMILES string of the molecule is Cc1c(C(=O)NCc2ccc(OC(F)(F)F)cc2)cnn1C. The summed E-state index contributed by atoms with van der Waals surface area (Å²) < 4.78 is 41.5. The van der Waals surface area contributed by atoms with Crippen molar-refractivity contribution in [3.05, 3.63) is 47.3 Å². The van der Waals surface area contributed by atoms with E-state index in [1.165, 1.54) is 30.5 Å². The van der Waals surface area contributed by atoms with Crippen LogP contribution in [0.5, 0.6) is 5.75 Å². The van der Waals surface area contributed by atoms with Crippen molar-refractivity contribution in [2.45, 2.75) is 19.8 Å². The Balaban J connectivity index is 1.94. The first-order valence-electron chi connectivity index (χ1n) is 6.38. The Bertz CT molecular complexity index is 663. The Kier molecular flexibility index (Phi) is 4.39. The van der Waals surface area contributed by atoms with Crippen molar-refractivity contribution in [3.8, 4) is 5.75 Å². The number of halogens is 3. The molecule has 0 aliphatic heterocycles. The first kappa shape index (κ1) is 15.9. The summed E-state index contributed by atoms with van der Waals surface area (Å²) in [7, 11) is 1.73. The monoisotopic (exact) mass is 313 g/mol. The molecule has 0 atom stereocenters. The molecule has 0 unspecified atom stereocenters. The van der Waals surface area contributed by atoms with Crippen LogP contribution in [0.25, 0.3) is 0 Å². The molecule has 0 saturated heterocycles. The number of rotatable bonds is 4. The van der Waals surface area contributed by atoms with Crippen LogP contribution in [-0.2, 0) is 13.6 Å². The van der Waals surface area contributed by atoms with Gasteiger partial charge in [-0.15, -0.1) is 13.2 Å². The average molecular weight is 313 g/mol. The Morgan fingerprint density at radius 1 is 1.32 bits per heavy atom. The molecule has 118 valence electrons. The number of hydrogen-bond acceptors (Lipinski definition) is 3. The van der Waals surface area contributed by atoms with Crippen LogP contribution in [0.2, 0.25) is 0 Å². The first-order chi connectivity index (χ1) is 10.3. The van der Waals surface area contributed by atoms with Gasteiger partial charge in [0.2, 0.25) is 0 Å². The van der Waals surface area contributed by atoms with Crippen LogP contribution in [0, 0.1) is 6.92 Å². The summed E-state index contributed by atoms with van der Waals surface area (Å²) in [6, 6.07) is 5.31.